The number of nitrogen functional groups attached to an aromatic ring is 1. The molecule has 0 radical (unpaired) electrons. The molecule has 6 nitrogen and oxygen atoms in total. The normalized spacial score (nSPS) is 21.9. The van der Waals surface area contributed by atoms with Gasteiger partial charge in [-0.2, -0.15) is 0 Å². The van der Waals surface area contributed by atoms with Crippen LogP contribution < -0.4 is 10.5 Å². The van der Waals surface area contributed by atoms with E-state index >= 15 is 0 Å². The number of pyridine rings is 1. The molecule has 2 rings (SSSR count). The standard InChI is InChI=1S/C11H17N3O3S/c1-8(9-4-6-17-7-9)14-18(15,16)10-3-2-5-13-11(10)12/h2-3,5,8-9,14H,4,6-7H2,1H3,(H2,12,13). The number of anilines is 1. The van der Waals surface area contributed by atoms with Crippen molar-refractivity contribution < 1.29 is 13.2 Å². The van der Waals surface area contributed by atoms with Gasteiger partial charge in [0, 0.05) is 24.8 Å². The molecule has 1 aromatic rings. The summed E-state index contributed by atoms with van der Waals surface area (Å²) in [7, 11) is -3.62. The quantitative estimate of drug-likeness (QED) is 0.825. The Morgan fingerprint density at radius 3 is 3.00 bits per heavy atom. The largest absolute Gasteiger partial charge is 0.383 e. The lowest BCUT2D eigenvalue weighted by Crippen LogP contribution is -2.38. The number of hydrogen-bond acceptors (Lipinski definition) is 5. The lowest BCUT2D eigenvalue weighted by molar-refractivity contribution is 0.180. The number of rotatable bonds is 4. The molecule has 0 aliphatic carbocycles. The van der Waals surface area contributed by atoms with Crippen LogP contribution in [0, 0.1) is 5.92 Å². The molecular weight excluding hydrogens is 254 g/mol. The summed E-state index contributed by atoms with van der Waals surface area (Å²) in [6.45, 7) is 3.11. The van der Waals surface area contributed by atoms with E-state index in [4.69, 9.17) is 10.5 Å². The number of ether oxygens (including phenoxy) is 1. The molecule has 1 aliphatic heterocycles. The Morgan fingerprint density at radius 2 is 2.39 bits per heavy atom. The van der Waals surface area contributed by atoms with Gasteiger partial charge in [-0.25, -0.2) is 18.1 Å². The molecule has 2 unspecified atom stereocenters. The van der Waals surface area contributed by atoms with Crippen LogP contribution in [-0.4, -0.2) is 32.7 Å². The number of sulfonamides is 1. The predicted molar refractivity (Wildman–Crippen MR) is 67.4 cm³/mol. The topological polar surface area (TPSA) is 94.3 Å². The van der Waals surface area contributed by atoms with Gasteiger partial charge in [-0.3, -0.25) is 0 Å². The smallest absolute Gasteiger partial charge is 0.244 e. The van der Waals surface area contributed by atoms with Gasteiger partial charge in [0.2, 0.25) is 10.0 Å². The van der Waals surface area contributed by atoms with Crippen LogP contribution in [0.1, 0.15) is 13.3 Å². The maximum Gasteiger partial charge on any atom is 0.244 e. The second-order valence-electron chi connectivity index (χ2n) is 4.42. The molecule has 0 aromatic carbocycles. The average molecular weight is 271 g/mol. The van der Waals surface area contributed by atoms with Gasteiger partial charge in [0.15, 0.2) is 0 Å². The SMILES string of the molecule is CC(NS(=O)(=O)c1cccnc1N)C1CCOC1. The summed E-state index contributed by atoms with van der Waals surface area (Å²) in [5, 5.41) is 0. The Hall–Kier alpha value is -1.18. The Labute approximate surface area is 107 Å². The first-order valence-electron chi connectivity index (χ1n) is 5.81. The predicted octanol–water partition coefficient (Wildman–Crippen LogP) is 0.367. The highest BCUT2D eigenvalue weighted by Crippen LogP contribution is 2.20. The van der Waals surface area contributed by atoms with Crippen molar-refractivity contribution in [2.75, 3.05) is 18.9 Å². The number of aromatic nitrogens is 1. The van der Waals surface area contributed by atoms with Crippen LogP contribution in [-0.2, 0) is 14.8 Å². The van der Waals surface area contributed by atoms with Gasteiger partial charge >= 0.3 is 0 Å². The molecule has 7 heteroatoms. The van der Waals surface area contributed by atoms with E-state index in [1.54, 1.807) is 6.07 Å². The fourth-order valence-electron chi connectivity index (χ4n) is 1.98. The highest BCUT2D eigenvalue weighted by atomic mass is 32.2. The molecule has 0 spiro atoms. The second kappa shape index (κ2) is 5.21. The van der Waals surface area contributed by atoms with E-state index < -0.39 is 10.0 Å². The van der Waals surface area contributed by atoms with E-state index in [-0.39, 0.29) is 22.7 Å². The van der Waals surface area contributed by atoms with Gasteiger partial charge in [0.25, 0.3) is 0 Å². The van der Waals surface area contributed by atoms with E-state index in [0.717, 1.165) is 6.42 Å². The maximum atomic E-state index is 12.1. The summed E-state index contributed by atoms with van der Waals surface area (Å²) in [6.07, 6.45) is 2.33. The number of hydrogen-bond donors (Lipinski definition) is 2. The highest BCUT2D eigenvalue weighted by Gasteiger charge is 2.27. The van der Waals surface area contributed by atoms with Crippen molar-refractivity contribution in [2.45, 2.75) is 24.3 Å². The summed E-state index contributed by atoms with van der Waals surface area (Å²) < 4.78 is 32.2. The summed E-state index contributed by atoms with van der Waals surface area (Å²) in [6, 6.07) is 2.81. The average Bonchev–Trinajstić information content (AvgIpc) is 2.82. The Morgan fingerprint density at radius 1 is 1.61 bits per heavy atom. The lowest BCUT2D eigenvalue weighted by Gasteiger charge is -2.19. The fraction of sp³-hybridized carbons (Fsp3) is 0.545. The molecule has 3 N–H and O–H groups in total. The van der Waals surface area contributed by atoms with Crippen LogP contribution in [0.2, 0.25) is 0 Å². The van der Waals surface area contributed by atoms with Crippen molar-refractivity contribution in [2.24, 2.45) is 5.92 Å². The molecule has 2 heterocycles. The summed E-state index contributed by atoms with van der Waals surface area (Å²) >= 11 is 0. The third-order valence-electron chi connectivity index (χ3n) is 3.10. The lowest BCUT2D eigenvalue weighted by atomic mass is 10.0. The second-order valence-corrected chi connectivity index (χ2v) is 6.10. The zero-order valence-electron chi connectivity index (χ0n) is 10.2. The van der Waals surface area contributed by atoms with Crippen molar-refractivity contribution >= 4 is 15.8 Å². The van der Waals surface area contributed by atoms with Crippen LogP contribution in [0.15, 0.2) is 23.2 Å². The minimum atomic E-state index is -3.62. The van der Waals surface area contributed by atoms with Gasteiger partial charge in [0.05, 0.1) is 6.61 Å². The van der Waals surface area contributed by atoms with Crippen LogP contribution in [0.3, 0.4) is 0 Å². The maximum absolute atomic E-state index is 12.1. The van der Waals surface area contributed by atoms with Gasteiger partial charge in [-0.15, -0.1) is 0 Å². The van der Waals surface area contributed by atoms with Crippen LogP contribution in [0.4, 0.5) is 5.82 Å². The van der Waals surface area contributed by atoms with Crippen LogP contribution in [0.25, 0.3) is 0 Å². The van der Waals surface area contributed by atoms with Crippen LogP contribution in [0.5, 0.6) is 0 Å². The first kappa shape index (κ1) is 13.3. The summed E-state index contributed by atoms with van der Waals surface area (Å²) in [5.74, 6) is 0.220. The molecule has 0 amide bonds. The van der Waals surface area contributed by atoms with Crippen molar-refractivity contribution in [3.05, 3.63) is 18.3 Å². The zero-order chi connectivity index (χ0) is 13.2. The first-order chi connectivity index (χ1) is 8.50. The van der Waals surface area contributed by atoms with Crippen molar-refractivity contribution in [3.8, 4) is 0 Å². The Bertz CT molecular complexity index is 512. The number of nitrogens with two attached hydrogens (primary N) is 1. The van der Waals surface area contributed by atoms with Crippen molar-refractivity contribution in [1.82, 2.24) is 9.71 Å². The molecule has 2 atom stereocenters. The third kappa shape index (κ3) is 2.80. The van der Waals surface area contributed by atoms with Gasteiger partial charge in [-0.1, -0.05) is 0 Å². The zero-order valence-corrected chi connectivity index (χ0v) is 11.0. The van der Waals surface area contributed by atoms with Crippen LogP contribution >= 0.6 is 0 Å². The van der Waals surface area contributed by atoms with Gasteiger partial charge in [-0.05, 0) is 25.5 Å². The van der Waals surface area contributed by atoms with E-state index in [2.05, 4.69) is 9.71 Å². The van der Waals surface area contributed by atoms with Gasteiger partial charge in [0.1, 0.15) is 10.7 Å². The molecule has 0 bridgehead atoms. The number of nitrogens with one attached hydrogen (secondary N) is 1. The molecular formula is C11H17N3O3S. The molecule has 18 heavy (non-hydrogen) atoms. The molecule has 1 aliphatic rings. The first-order valence-corrected chi connectivity index (χ1v) is 7.29. The van der Waals surface area contributed by atoms with Crippen molar-refractivity contribution in [1.29, 1.82) is 0 Å². The van der Waals surface area contributed by atoms with Gasteiger partial charge < -0.3 is 10.5 Å². The molecule has 1 aromatic heterocycles. The van der Waals surface area contributed by atoms with E-state index in [9.17, 15) is 8.42 Å². The molecule has 0 saturated carbocycles. The monoisotopic (exact) mass is 271 g/mol. The Kier molecular flexibility index (Phi) is 3.84. The minimum Gasteiger partial charge on any atom is -0.383 e. The molecule has 1 saturated heterocycles. The van der Waals surface area contributed by atoms with E-state index in [1.807, 2.05) is 6.92 Å². The third-order valence-corrected chi connectivity index (χ3v) is 4.71. The molecule has 100 valence electrons. The fourth-order valence-corrected chi connectivity index (χ4v) is 3.38. The highest BCUT2D eigenvalue weighted by molar-refractivity contribution is 7.89. The summed E-state index contributed by atoms with van der Waals surface area (Å²) in [4.78, 5) is 3.81. The van der Waals surface area contributed by atoms with E-state index in [1.165, 1.54) is 12.3 Å². The molecule has 1 fully saturated rings. The van der Waals surface area contributed by atoms with Crippen molar-refractivity contribution in [3.63, 3.8) is 0 Å². The number of nitrogens with zero attached hydrogens (tertiary/aromatic N) is 1. The van der Waals surface area contributed by atoms with E-state index in [0.29, 0.717) is 13.2 Å². The summed E-state index contributed by atoms with van der Waals surface area (Å²) in [5.41, 5.74) is 5.58. The Balaban J connectivity index is 2.14. The minimum absolute atomic E-state index is 0.0138.